The molecule has 1 spiro atoms. The van der Waals surface area contributed by atoms with E-state index in [0.29, 0.717) is 36.5 Å². The molecule has 0 bridgehead atoms. The van der Waals surface area contributed by atoms with E-state index in [0.717, 1.165) is 19.3 Å². The predicted molar refractivity (Wildman–Crippen MR) is 143 cm³/mol. The van der Waals surface area contributed by atoms with Gasteiger partial charge < -0.3 is 24.4 Å². The number of benzene rings is 1. The number of rotatable bonds is 6. The summed E-state index contributed by atoms with van der Waals surface area (Å²) < 4.78 is 12.5. The standard InChI is InChI=1S/C29H35ClN2O6/c1-28-14-7-2-3-10-19-37-27(36)23(28)22-25(34)32(16-8-4-9-18-33)24-26(35)31(17-11-15-29(22,24)38-28)21-13-6-5-12-20(21)30/h5-7,11-15,22-24,33H,2-4,8-10,16-19H2,1H3/b14-7-/t22-,23-,24?,28+,29-/m0/s1. The number of hydrogen-bond acceptors (Lipinski definition) is 6. The van der Waals surface area contributed by atoms with Gasteiger partial charge in [-0.2, -0.15) is 0 Å². The Labute approximate surface area is 228 Å². The number of halogens is 1. The van der Waals surface area contributed by atoms with Gasteiger partial charge in [-0.1, -0.05) is 48.0 Å². The van der Waals surface area contributed by atoms with Crippen LogP contribution in [0.2, 0.25) is 5.02 Å². The first kappa shape index (κ1) is 26.9. The largest absolute Gasteiger partial charge is 0.465 e. The highest BCUT2D eigenvalue weighted by Gasteiger charge is 2.74. The first-order chi connectivity index (χ1) is 18.3. The molecule has 38 heavy (non-hydrogen) atoms. The highest BCUT2D eigenvalue weighted by atomic mass is 35.5. The quantitative estimate of drug-likeness (QED) is 0.335. The molecule has 8 nitrogen and oxygen atoms in total. The van der Waals surface area contributed by atoms with Crippen molar-refractivity contribution < 1.29 is 29.0 Å². The number of hydrogen-bond donors (Lipinski definition) is 1. The van der Waals surface area contributed by atoms with E-state index < -0.39 is 35.0 Å². The molecule has 4 aliphatic rings. The molecule has 4 heterocycles. The molecule has 5 atom stereocenters. The van der Waals surface area contributed by atoms with E-state index in [-0.39, 0.29) is 31.6 Å². The maximum Gasteiger partial charge on any atom is 0.313 e. The van der Waals surface area contributed by atoms with Crippen LogP contribution in [-0.4, -0.2) is 71.3 Å². The summed E-state index contributed by atoms with van der Waals surface area (Å²) in [4.78, 5) is 45.3. The van der Waals surface area contributed by atoms with E-state index >= 15 is 0 Å². The van der Waals surface area contributed by atoms with E-state index in [9.17, 15) is 19.5 Å². The van der Waals surface area contributed by atoms with Crippen molar-refractivity contribution in [3.05, 3.63) is 53.6 Å². The Morgan fingerprint density at radius 3 is 2.63 bits per heavy atom. The average molecular weight is 543 g/mol. The van der Waals surface area contributed by atoms with Gasteiger partial charge in [0.15, 0.2) is 0 Å². The number of anilines is 1. The third kappa shape index (κ3) is 4.46. The molecule has 1 N–H and O–H groups in total. The number of carbonyl (C=O) groups excluding carboxylic acids is 3. The lowest BCUT2D eigenvalue weighted by molar-refractivity contribution is -0.158. The maximum atomic E-state index is 14.4. The van der Waals surface area contributed by atoms with Crippen LogP contribution in [-0.2, 0) is 23.9 Å². The number of likely N-dealkylation sites (tertiary alicyclic amines) is 1. The van der Waals surface area contributed by atoms with Gasteiger partial charge in [-0.05, 0) is 57.6 Å². The number of fused-ring (bicyclic) bond motifs is 2. The molecule has 9 heteroatoms. The fraction of sp³-hybridized carbons (Fsp3) is 0.552. The smallest absolute Gasteiger partial charge is 0.313 e. The van der Waals surface area contributed by atoms with Crippen molar-refractivity contribution in [2.75, 3.05) is 31.2 Å². The fourth-order valence-corrected chi connectivity index (χ4v) is 6.73. The number of aliphatic hydroxyl groups excluding tert-OH is 1. The number of carbonyl (C=O) groups is 3. The van der Waals surface area contributed by atoms with Crippen LogP contribution in [0.5, 0.6) is 0 Å². The molecular weight excluding hydrogens is 508 g/mol. The summed E-state index contributed by atoms with van der Waals surface area (Å²) in [5, 5.41) is 9.66. The molecule has 1 aromatic carbocycles. The molecular formula is C29H35ClN2O6. The molecule has 4 aliphatic heterocycles. The second kappa shape index (κ2) is 10.8. The van der Waals surface area contributed by atoms with Crippen LogP contribution in [0, 0.1) is 11.8 Å². The molecule has 0 radical (unpaired) electrons. The van der Waals surface area contributed by atoms with E-state index in [4.69, 9.17) is 21.1 Å². The topological polar surface area (TPSA) is 96.4 Å². The number of amides is 2. The molecule has 2 amide bonds. The average Bonchev–Trinajstić information content (AvgIpc) is 3.22. The van der Waals surface area contributed by atoms with Crippen LogP contribution in [0.15, 0.2) is 48.6 Å². The zero-order valence-electron chi connectivity index (χ0n) is 21.7. The molecule has 0 aliphatic carbocycles. The minimum atomic E-state index is -1.34. The predicted octanol–water partition coefficient (Wildman–Crippen LogP) is 3.66. The van der Waals surface area contributed by atoms with Crippen LogP contribution in [0.4, 0.5) is 5.69 Å². The Hall–Kier alpha value is -2.68. The Morgan fingerprint density at radius 2 is 1.84 bits per heavy atom. The monoisotopic (exact) mass is 542 g/mol. The number of nitrogens with zero attached hydrogens (tertiary/aromatic N) is 2. The zero-order chi connectivity index (χ0) is 26.9. The van der Waals surface area contributed by atoms with Crippen LogP contribution in [0.3, 0.4) is 0 Å². The second-order valence-electron chi connectivity index (χ2n) is 10.7. The van der Waals surface area contributed by atoms with Gasteiger partial charge in [0.05, 0.1) is 28.8 Å². The SMILES string of the molecule is C[C@@]12/C=C\CCCCOC(=O)[C@@H]1[C@H]1C(=O)N(CCCCCO)C3C(=O)N(c4ccccc4Cl)CC=C[C@@]31O2. The van der Waals surface area contributed by atoms with Crippen LogP contribution in [0.1, 0.15) is 45.4 Å². The van der Waals surface area contributed by atoms with Gasteiger partial charge in [0.1, 0.15) is 17.6 Å². The first-order valence-electron chi connectivity index (χ1n) is 13.5. The van der Waals surface area contributed by atoms with Crippen molar-refractivity contribution in [1.82, 2.24) is 4.90 Å². The van der Waals surface area contributed by atoms with Crippen molar-refractivity contribution >= 4 is 35.1 Å². The van der Waals surface area contributed by atoms with Gasteiger partial charge in [-0.3, -0.25) is 14.4 Å². The molecule has 204 valence electrons. The van der Waals surface area contributed by atoms with Crippen molar-refractivity contribution in [1.29, 1.82) is 0 Å². The Balaban J connectivity index is 1.61. The van der Waals surface area contributed by atoms with Gasteiger partial charge in [0, 0.05) is 19.7 Å². The van der Waals surface area contributed by atoms with Crippen LogP contribution >= 0.6 is 11.6 Å². The van der Waals surface area contributed by atoms with Gasteiger partial charge in [-0.25, -0.2) is 0 Å². The summed E-state index contributed by atoms with van der Waals surface area (Å²) in [6, 6.07) is 6.15. The normalized spacial score (nSPS) is 33.9. The van der Waals surface area contributed by atoms with Crippen LogP contribution < -0.4 is 4.90 Å². The lowest BCUT2D eigenvalue weighted by Gasteiger charge is -2.37. The summed E-state index contributed by atoms with van der Waals surface area (Å²) in [6.45, 7) is 2.74. The summed E-state index contributed by atoms with van der Waals surface area (Å²) in [5.74, 6) is -2.85. The van der Waals surface area contributed by atoms with E-state index in [1.807, 2.05) is 37.3 Å². The minimum Gasteiger partial charge on any atom is -0.465 e. The molecule has 5 rings (SSSR count). The highest BCUT2D eigenvalue weighted by Crippen LogP contribution is 2.57. The maximum absolute atomic E-state index is 14.4. The lowest BCUT2D eigenvalue weighted by Crippen LogP contribution is -2.56. The molecule has 0 saturated carbocycles. The van der Waals surface area contributed by atoms with E-state index in [2.05, 4.69) is 0 Å². The lowest BCUT2D eigenvalue weighted by atomic mass is 9.74. The molecule has 2 saturated heterocycles. The third-order valence-corrected chi connectivity index (χ3v) is 8.52. The van der Waals surface area contributed by atoms with Crippen molar-refractivity contribution in [2.45, 2.75) is 62.7 Å². The number of esters is 1. The van der Waals surface area contributed by atoms with Crippen LogP contribution in [0.25, 0.3) is 0 Å². The number of para-hydroxylation sites is 1. The Bertz CT molecular complexity index is 1150. The Morgan fingerprint density at radius 1 is 1.03 bits per heavy atom. The van der Waals surface area contributed by atoms with Crippen molar-refractivity contribution in [3.63, 3.8) is 0 Å². The second-order valence-corrected chi connectivity index (χ2v) is 11.1. The Kier molecular flexibility index (Phi) is 7.67. The number of unbranched alkanes of at least 4 members (excludes halogenated alkanes) is 2. The van der Waals surface area contributed by atoms with Gasteiger partial charge >= 0.3 is 5.97 Å². The van der Waals surface area contributed by atoms with E-state index in [1.54, 1.807) is 28.0 Å². The minimum absolute atomic E-state index is 0.0631. The molecule has 2 fully saturated rings. The fourth-order valence-electron chi connectivity index (χ4n) is 6.49. The van der Waals surface area contributed by atoms with E-state index in [1.165, 1.54) is 0 Å². The molecule has 1 unspecified atom stereocenters. The molecule has 1 aromatic rings. The molecule has 0 aromatic heterocycles. The number of allylic oxidation sites excluding steroid dienone is 1. The number of cyclic esters (lactones) is 1. The summed E-state index contributed by atoms with van der Waals surface area (Å²) in [6.07, 6.45) is 11.9. The zero-order valence-corrected chi connectivity index (χ0v) is 22.4. The van der Waals surface area contributed by atoms with Crippen molar-refractivity contribution in [3.8, 4) is 0 Å². The summed E-state index contributed by atoms with van der Waals surface area (Å²) in [5.41, 5.74) is -1.89. The van der Waals surface area contributed by atoms with Gasteiger partial charge in [0.2, 0.25) is 5.91 Å². The third-order valence-electron chi connectivity index (χ3n) is 8.20. The van der Waals surface area contributed by atoms with Gasteiger partial charge in [0.25, 0.3) is 5.91 Å². The summed E-state index contributed by atoms with van der Waals surface area (Å²) >= 11 is 6.50. The highest BCUT2D eigenvalue weighted by molar-refractivity contribution is 6.34. The van der Waals surface area contributed by atoms with Gasteiger partial charge in [-0.15, -0.1) is 0 Å². The summed E-state index contributed by atoms with van der Waals surface area (Å²) in [7, 11) is 0. The van der Waals surface area contributed by atoms with Crippen molar-refractivity contribution in [2.24, 2.45) is 11.8 Å². The first-order valence-corrected chi connectivity index (χ1v) is 13.9. The number of ether oxygens (including phenoxy) is 2. The number of aliphatic hydroxyl groups is 1.